The first kappa shape index (κ1) is 28.5. The lowest BCUT2D eigenvalue weighted by atomic mass is 10.1. The topological polar surface area (TPSA) is 55.4 Å². The molecule has 0 aromatic heterocycles. The summed E-state index contributed by atoms with van der Waals surface area (Å²) in [6, 6.07) is 16.1. The zero-order chi connectivity index (χ0) is 27.3. The van der Waals surface area contributed by atoms with Crippen molar-refractivity contribution in [2.24, 2.45) is 0 Å². The van der Waals surface area contributed by atoms with E-state index in [1.807, 2.05) is 36.4 Å². The van der Waals surface area contributed by atoms with Crippen LogP contribution in [-0.2, 0) is 0 Å². The SMILES string of the molecule is CCCOc1c(OC)cc(C=Cc2ccc(C=Cc3cc(OC)c(OCCC)c(OC)c3)cc2)cc1OC. The standard InChI is InChI=1S/C32H38O6/c1-7-17-37-31-27(33-3)19-25(20-28(31)34-4)15-13-23-9-11-24(12-10-23)14-16-26-21-29(35-5)32(38-18-8-2)30(22-26)36-6/h9-16,19-22H,7-8,17-18H2,1-6H3. The molecule has 0 bridgehead atoms. The highest BCUT2D eigenvalue weighted by atomic mass is 16.5. The van der Waals surface area contributed by atoms with E-state index in [0.717, 1.165) is 35.1 Å². The van der Waals surface area contributed by atoms with Gasteiger partial charge >= 0.3 is 0 Å². The van der Waals surface area contributed by atoms with Gasteiger partial charge in [0.2, 0.25) is 11.5 Å². The minimum absolute atomic E-state index is 0.600. The fourth-order valence-electron chi connectivity index (χ4n) is 3.79. The fourth-order valence-corrected chi connectivity index (χ4v) is 3.79. The fraction of sp³-hybridized carbons (Fsp3) is 0.312. The molecular formula is C32H38O6. The normalized spacial score (nSPS) is 11.1. The van der Waals surface area contributed by atoms with E-state index in [4.69, 9.17) is 28.4 Å². The van der Waals surface area contributed by atoms with Gasteiger partial charge in [-0.05, 0) is 59.4 Å². The Morgan fingerprint density at radius 2 is 0.763 bits per heavy atom. The van der Waals surface area contributed by atoms with Gasteiger partial charge in [0.05, 0.1) is 41.7 Å². The minimum Gasteiger partial charge on any atom is -0.493 e. The van der Waals surface area contributed by atoms with Crippen molar-refractivity contribution in [1.82, 2.24) is 0 Å². The Morgan fingerprint density at radius 1 is 0.474 bits per heavy atom. The molecule has 6 heteroatoms. The Morgan fingerprint density at radius 3 is 1.03 bits per heavy atom. The maximum Gasteiger partial charge on any atom is 0.203 e. The molecule has 0 radical (unpaired) electrons. The summed E-state index contributed by atoms with van der Waals surface area (Å²) in [7, 11) is 6.53. The second-order valence-electron chi connectivity index (χ2n) is 8.54. The monoisotopic (exact) mass is 518 g/mol. The highest BCUT2D eigenvalue weighted by Crippen LogP contribution is 2.40. The summed E-state index contributed by atoms with van der Waals surface area (Å²) in [6.07, 6.45) is 9.97. The lowest BCUT2D eigenvalue weighted by Gasteiger charge is -2.15. The van der Waals surface area contributed by atoms with Gasteiger partial charge < -0.3 is 28.4 Å². The van der Waals surface area contributed by atoms with Gasteiger partial charge in [-0.3, -0.25) is 0 Å². The quantitative estimate of drug-likeness (QED) is 0.204. The van der Waals surface area contributed by atoms with Crippen LogP contribution in [0.3, 0.4) is 0 Å². The second-order valence-corrected chi connectivity index (χ2v) is 8.54. The molecule has 0 fully saturated rings. The lowest BCUT2D eigenvalue weighted by molar-refractivity contribution is 0.275. The Bertz CT molecular complexity index is 1080. The predicted molar refractivity (Wildman–Crippen MR) is 155 cm³/mol. The first-order valence-corrected chi connectivity index (χ1v) is 12.8. The van der Waals surface area contributed by atoms with Crippen LogP contribution in [0.4, 0.5) is 0 Å². The molecule has 3 rings (SSSR count). The third kappa shape index (κ3) is 7.48. The van der Waals surface area contributed by atoms with Gasteiger partial charge in [0.25, 0.3) is 0 Å². The van der Waals surface area contributed by atoms with E-state index in [-0.39, 0.29) is 0 Å². The summed E-state index contributed by atoms with van der Waals surface area (Å²) >= 11 is 0. The lowest BCUT2D eigenvalue weighted by Crippen LogP contribution is -2.00. The van der Waals surface area contributed by atoms with Gasteiger partial charge in [-0.1, -0.05) is 62.4 Å². The molecule has 0 saturated carbocycles. The Balaban J connectivity index is 1.75. The van der Waals surface area contributed by atoms with E-state index >= 15 is 0 Å². The van der Waals surface area contributed by atoms with Crippen LogP contribution in [-0.4, -0.2) is 41.7 Å². The molecule has 38 heavy (non-hydrogen) atoms. The van der Waals surface area contributed by atoms with Crippen molar-refractivity contribution in [3.05, 3.63) is 70.8 Å². The van der Waals surface area contributed by atoms with Crippen LogP contribution < -0.4 is 28.4 Å². The molecule has 6 nitrogen and oxygen atoms in total. The second kappa shape index (κ2) is 14.6. The number of methoxy groups -OCH3 is 4. The molecule has 0 aliphatic heterocycles. The molecule has 0 atom stereocenters. The first-order chi connectivity index (χ1) is 18.6. The molecule has 0 aliphatic rings. The molecule has 202 valence electrons. The van der Waals surface area contributed by atoms with Gasteiger partial charge in [-0.15, -0.1) is 0 Å². The van der Waals surface area contributed by atoms with Gasteiger partial charge in [0, 0.05) is 0 Å². The summed E-state index contributed by atoms with van der Waals surface area (Å²) in [6.45, 7) is 5.32. The molecular weight excluding hydrogens is 480 g/mol. The molecule has 0 amide bonds. The average molecular weight is 519 g/mol. The van der Waals surface area contributed by atoms with E-state index in [9.17, 15) is 0 Å². The number of hydrogen-bond donors (Lipinski definition) is 0. The maximum absolute atomic E-state index is 5.83. The summed E-state index contributed by atoms with van der Waals surface area (Å²) in [5.41, 5.74) is 4.07. The summed E-state index contributed by atoms with van der Waals surface area (Å²) in [5, 5.41) is 0. The highest BCUT2D eigenvalue weighted by Gasteiger charge is 2.14. The molecule has 0 heterocycles. The largest absolute Gasteiger partial charge is 0.493 e. The van der Waals surface area contributed by atoms with E-state index < -0.39 is 0 Å². The highest BCUT2D eigenvalue weighted by molar-refractivity contribution is 5.75. The molecule has 0 unspecified atom stereocenters. The Hall–Kier alpha value is -4.06. The minimum atomic E-state index is 0.600. The number of benzene rings is 3. The molecule has 3 aromatic carbocycles. The van der Waals surface area contributed by atoms with Gasteiger partial charge in [0.1, 0.15) is 0 Å². The number of ether oxygens (including phenoxy) is 6. The van der Waals surface area contributed by atoms with Crippen LogP contribution in [0, 0.1) is 0 Å². The summed E-state index contributed by atoms with van der Waals surface area (Å²) in [4.78, 5) is 0. The molecule has 0 spiro atoms. The van der Waals surface area contributed by atoms with E-state index in [1.54, 1.807) is 28.4 Å². The third-order valence-electron chi connectivity index (χ3n) is 5.74. The molecule has 0 aliphatic carbocycles. The summed E-state index contributed by atoms with van der Waals surface area (Å²) in [5.74, 6) is 3.85. The van der Waals surface area contributed by atoms with Crippen LogP contribution in [0.2, 0.25) is 0 Å². The van der Waals surface area contributed by atoms with Crippen molar-refractivity contribution in [2.75, 3.05) is 41.7 Å². The zero-order valence-corrected chi connectivity index (χ0v) is 23.2. The van der Waals surface area contributed by atoms with Crippen molar-refractivity contribution < 1.29 is 28.4 Å². The van der Waals surface area contributed by atoms with Crippen LogP contribution in [0.5, 0.6) is 34.5 Å². The maximum atomic E-state index is 5.83. The smallest absolute Gasteiger partial charge is 0.203 e. The van der Waals surface area contributed by atoms with Crippen LogP contribution in [0.1, 0.15) is 48.9 Å². The molecule has 0 saturated heterocycles. The molecule has 3 aromatic rings. The van der Waals surface area contributed by atoms with Crippen molar-refractivity contribution in [3.8, 4) is 34.5 Å². The Kier molecular flexibility index (Phi) is 11.0. The van der Waals surface area contributed by atoms with Crippen molar-refractivity contribution in [1.29, 1.82) is 0 Å². The van der Waals surface area contributed by atoms with Crippen molar-refractivity contribution >= 4 is 24.3 Å². The van der Waals surface area contributed by atoms with Gasteiger partial charge in [-0.2, -0.15) is 0 Å². The van der Waals surface area contributed by atoms with E-state index in [0.29, 0.717) is 47.7 Å². The van der Waals surface area contributed by atoms with Crippen molar-refractivity contribution in [2.45, 2.75) is 26.7 Å². The first-order valence-electron chi connectivity index (χ1n) is 12.8. The van der Waals surface area contributed by atoms with Crippen molar-refractivity contribution in [3.63, 3.8) is 0 Å². The Labute approximate surface area is 226 Å². The van der Waals surface area contributed by atoms with Gasteiger partial charge in [0.15, 0.2) is 23.0 Å². The number of hydrogen-bond acceptors (Lipinski definition) is 6. The van der Waals surface area contributed by atoms with E-state index in [2.05, 4.69) is 50.3 Å². The zero-order valence-electron chi connectivity index (χ0n) is 23.2. The third-order valence-corrected chi connectivity index (χ3v) is 5.74. The van der Waals surface area contributed by atoms with Crippen LogP contribution in [0.15, 0.2) is 48.5 Å². The predicted octanol–water partition coefficient (Wildman–Crippen LogP) is 7.64. The average Bonchev–Trinajstić information content (AvgIpc) is 2.96. The van der Waals surface area contributed by atoms with E-state index in [1.165, 1.54) is 0 Å². The summed E-state index contributed by atoms with van der Waals surface area (Å²) < 4.78 is 33.8. The number of rotatable bonds is 14. The molecule has 0 N–H and O–H groups in total. The van der Waals surface area contributed by atoms with Crippen LogP contribution >= 0.6 is 0 Å². The van der Waals surface area contributed by atoms with Crippen LogP contribution in [0.25, 0.3) is 24.3 Å². The van der Waals surface area contributed by atoms with Gasteiger partial charge in [-0.25, -0.2) is 0 Å².